The van der Waals surface area contributed by atoms with Crippen molar-refractivity contribution in [2.45, 2.75) is 39.4 Å². The molecule has 1 heterocycles. The number of nitrogens with one attached hydrogen (secondary N) is 1. The molecule has 0 aromatic heterocycles. The number of benzene rings is 1. The van der Waals surface area contributed by atoms with Gasteiger partial charge in [-0.2, -0.15) is 0 Å². The van der Waals surface area contributed by atoms with Crippen molar-refractivity contribution in [3.63, 3.8) is 0 Å². The summed E-state index contributed by atoms with van der Waals surface area (Å²) in [5, 5.41) is 3.28. The first kappa shape index (κ1) is 16.8. The van der Waals surface area contributed by atoms with E-state index in [-0.39, 0.29) is 30.4 Å². The molecule has 1 N–H and O–H groups in total. The third-order valence-corrected chi connectivity index (χ3v) is 3.95. The molecule has 2 atom stereocenters. The van der Waals surface area contributed by atoms with E-state index < -0.39 is 0 Å². The summed E-state index contributed by atoms with van der Waals surface area (Å²) in [5.74, 6) is -0.519. The second kappa shape index (κ2) is 7.11. The Morgan fingerprint density at radius 2 is 1.95 bits per heavy atom. The maximum absolute atomic E-state index is 12.2. The lowest BCUT2D eigenvalue weighted by molar-refractivity contribution is -0.145. The van der Waals surface area contributed by atoms with E-state index in [2.05, 4.69) is 5.32 Å². The van der Waals surface area contributed by atoms with Crippen LogP contribution in [0, 0.1) is 6.92 Å². The second-order valence-electron chi connectivity index (χ2n) is 5.74. The molecular formula is C16H21ClN2O3. The van der Waals surface area contributed by atoms with Gasteiger partial charge in [0.15, 0.2) is 0 Å². The van der Waals surface area contributed by atoms with Crippen LogP contribution in [0.1, 0.15) is 25.8 Å². The fourth-order valence-corrected chi connectivity index (χ4v) is 2.69. The van der Waals surface area contributed by atoms with Gasteiger partial charge in [-0.15, -0.1) is 0 Å². The average molecular weight is 325 g/mol. The zero-order valence-electron chi connectivity index (χ0n) is 13.1. The molecule has 22 heavy (non-hydrogen) atoms. The molecule has 0 aliphatic carbocycles. The number of halogens is 1. The Labute approximate surface area is 135 Å². The molecule has 1 aromatic carbocycles. The maximum atomic E-state index is 12.2. The van der Waals surface area contributed by atoms with Gasteiger partial charge in [-0.05, 0) is 38.5 Å². The van der Waals surface area contributed by atoms with Crippen LogP contribution in [0.2, 0.25) is 5.02 Å². The second-order valence-corrected chi connectivity index (χ2v) is 6.15. The van der Waals surface area contributed by atoms with Crippen LogP contribution in [0.5, 0.6) is 0 Å². The zero-order chi connectivity index (χ0) is 16.3. The van der Waals surface area contributed by atoms with E-state index in [1.165, 1.54) is 0 Å². The minimum Gasteiger partial charge on any atom is -0.372 e. The summed E-state index contributed by atoms with van der Waals surface area (Å²) < 4.78 is 5.58. The van der Waals surface area contributed by atoms with Gasteiger partial charge in [0.1, 0.15) is 6.42 Å². The molecule has 0 radical (unpaired) electrons. The molecule has 5 nitrogen and oxygen atoms in total. The van der Waals surface area contributed by atoms with Gasteiger partial charge >= 0.3 is 0 Å². The number of rotatable bonds is 3. The third kappa shape index (κ3) is 4.45. The highest BCUT2D eigenvalue weighted by atomic mass is 35.5. The van der Waals surface area contributed by atoms with E-state index in [0.29, 0.717) is 23.8 Å². The molecule has 0 spiro atoms. The van der Waals surface area contributed by atoms with Gasteiger partial charge in [-0.25, -0.2) is 0 Å². The molecule has 2 rings (SSSR count). The van der Waals surface area contributed by atoms with Gasteiger partial charge < -0.3 is 15.0 Å². The number of amides is 2. The number of aryl methyl sites for hydroxylation is 1. The molecule has 2 amide bonds. The van der Waals surface area contributed by atoms with Crippen molar-refractivity contribution in [1.29, 1.82) is 0 Å². The number of ether oxygens (including phenoxy) is 1. The van der Waals surface area contributed by atoms with E-state index >= 15 is 0 Å². The topological polar surface area (TPSA) is 58.6 Å². The highest BCUT2D eigenvalue weighted by Crippen LogP contribution is 2.20. The van der Waals surface area contributed by atoms with E-state index in [0.717, 1.165) is 5.56 Å². The fraction of sp³-hybridized carbons (Fsp3) is 0.500. The molecule has 120 valence electrons. The summed E-state index contributed by atoms with van der Waals surface area (Å²) in [6, 6.07) is 5.27. The van der Waals surface area contributed by atoms with Gasteiger partial charge in [0.2, 0.25) is 11.8 Å². The Hall–Kier alpha value is -1.59. The van der Waals surface area contributed by atoms with E-state index in [9.17, 15) is 9.59 Å². The molecule has 1 fully saturated rings. The average Bonchev–Trinajstić information content (AvgIpc) is 2.41. The first-order chi connectivity index (χ1) is 10.3. The fourth-order valence-electron chi connectivity index (χ4n) is 2.51. The molecule has 1 aliphatic rings. The zero-order valence-corrected chi connectivity index (χ0v) is 13.8. The number of hydrogen-bond acceptors (Lipinski definition) is 3. The Kier molecular flexibility index (Phi) is 5.42. The van der Waals surface area contributed by atoms with Gasteiger partial charge in [-0.1, -0.05) is 17.7 Å². The summed E-state index contributed by atoms with van der Waals surface area (Å²) in [4.78, 5) is 25.9. The normalized spacial score (nSPS) is 21.5. The van der Waals surface area contributed by atoms with Crippen LogP contribution >= 0.6 is 11.6 Å². The van der Waals surface area contributed by atoms with Crippen LogP contribution in [0.4, 0.5) is 5.69 Å². The van der Waals surface area contributed by atoms with Crippen LogP contribution in [0.3, 0.4) is 0 Å². The van der Waals surface area contributed by atoms with Crippen molar-refractivity contribution < 1.29 is 14.3 Å². The van der Waals surface area contributed by atoms with Crippen molar-refractivity contribution in [3.05, 3.63) is 28.8 Å². The predicted molar refractivity (Wildman–Crippen MR) is 86.0 cm³/mol. The van der Waals surface area contributed by atoms with Crippen LogP contribution in [0.25, 0.3) is 0 Å². The third-order valence-electron chi connectivity index (χ3n) is 3.54. The van der Waals surface area contributed by atoms with E-state index in [1.807, 2.05) is 26.8 Å². The number of hydrogen-bond donors (Lipinski definition) is 1. The predicted octanol–water partition coefficient (Wildman–Crippen LogP) is 2.61. The quantitative estimate of drug-likeness (QED) is 0.869. The number of carbonyl (C=O) groups is 2. The van der Waals surface area contributed by atoms with Gasteiger partial charge in [-0.3, -0.25) is 9.59 Å². The Morgan fingerprint density at radius 3 is 2.55 bits per heavy atom. The van der Waals surface area contributed by atoms with E-state index in [4.69, 9.17) is 16.3 Å². The minimum absolute atomic E-state index is 0.00772. The van der Waals surface area contributed by atoms with Crippen LogP contribution in [-0.4, -0.2) is 42.0 Å². The van der Waals surface area contributed by atoms with Gasteiger partial charge in [0, 0.05) is 23.8 Å². The summed E-state index contributed by atoms with van der Waals surface area (Å²) in [5.41, 5.74) is 1.53. The highest BCUT2D eigenvalue weighted by molar-refractivity contribution is 6.31. The highest BCUT2D eigenvalue weighted by Gasteiger charge is 2.26. The summed E-state index contributed by atoms with van der Waals surface area (Å²) in [6.45, 7) is 6.77. The SMILES string of the molecule is Cc1ccc(NC(=O)CC(=O)N2C[C@@H](C)O[C@@H](C)C2)cc1Cl. The molecule has 1 aromatic rings. The molecule has 6 heteroatoms. The van der Waals surface area contributed by atoms with Crippen molar-refractivity contribution in [3.8, 4) is 0 Å². The Bertz CT molecular complexity index is 567. The number of nitrogens with zero attached hydrogens (tertiary/aromatic N) is 1. The molecular weight excluding hydrogens is 304 g/mol. The van der Waals surface area contributed by atoms with E-state index in [1.54, 1.807) is 17.0 Å². The number of anilines is 1. The first-order valence-corrected chi connectivity index (χ1v) is 7.72. The summed E-state index contributed by atoms with van der Waals surface area (Å²) >= 11 is 6.02. The van der Waals surface area contributed by atoms with Gasteiger partial charge in [0.25, 0.3) is 0 Å². The lowest BCUT2D eigenvalue weighted by Gasteiger charge is -2.35. The number of morpholine rings is 1. The number of carbonyl (C=O) groups excluding carboxylic acids is 2. The Balaban J connectivity index is 1.91. The lowest BCUT2D eigenvalue weighted by Crippen LogP contribution is -2.48. The minimum atomic E-state index is -0.336. The van der Waals surface area contributed by atoms with Crippen molar-refractivity contribution >= 4 is 29.1 Å². The van der Waals surface area contributed by atoms with Crippen molar-refractivity contribution in [1.82, 2.24) is 4.90 Å². The largest absolute Gasteiger partial charge is 0.372 e. The monoisotopic (exact) mass is 324 g/mol. The first-order valence-electron chi connectivity index (χ1n) is 7.34. The molecule has 1 aliphatic heterocycles. The van der Waals surface area contributed by atoms with Crippen LogP contribution in [-0.2, 0) is 14.3 Å². The van der Waals surface area contributed by atoms with Crippen LogP contribution in [0.15, 0.2) is 18.2 Å². The van der Waals surface area contributed by atoms with Crippen LogP contribution < -0.4 is 5.32 Å². The smallest absolute Gasteiger partial charge is 0.233 e. The van der Waals surface area contributed by atoms with Crippen molar-refractivity contribution in [2.75, 3.05) is 18.4 Å². The summed E-state index contributed by atoms with van der Waals surface area (Å²) in [6.07, 6.45) is -0.191. The Morgan fingerprint density at radius 1 is 1.32 bits per heavy atom. The standard InChI is InChI=1S/C16H21ClN2O3/c1-10-4-5-13(6-14(10)17)18-15(20)7-16(21)19-8-11(2)22-12(3)9-19/h4-6,11-12H,7-9H2,1-3H3,(H,18,20)/t11-,12+. The molecule has 0 saturated carbocycles. The maximum Gasteiger partial charge on any atom is 0.233 e. The summed E-state index contributed by atoms with van der Waals surface area (Å²) in [7, 11) is 0. The van der Waals surface area contributed by atoms with Crippen molar-refractivity contribution in [2.24, 2.45) is 0 Å². The lowest BCUT2D eigenvalue weighted by atomic mass is 10.2. The molecule has 1 saturated heterocycles. The van der Waals surface area contributed by atoms with Gasteiger partial charge in [0.05, 0.1) is 12.2 Å². The molecule has 0 unspecified atom stereocenters. The molecule has 0 bridgehead atoms.